The zero-order valence-corrected chi connectivity index (χ0v) is 12.5. The third kappa shape index (κ3) is 3.54. The first-order valence-electron chi connectivity index (χ1n) is 6.85. The van der Waals surface area contributed by atoms with E-state index in [-0.39, 0.29) is 12.1 Å². The molecule has 21 heavy (non-hydrogen) atoms. The monoisotopic (exact) mass is 284 g/mol. The van der Waals surface area contributed by atoms with Gasteiger partial charge in [-0.3, -0.25) is 0 Å². The summed E-state index contributed by atoms with van der Waals surface area (Å²) in [7, 11) is 3.36. The molecule has 2 rings (SSSR count). The van der Waals surface area contributed by atoms with Crippen LogP contribution < -0.4 is 10.1 Å². The molecule has 0 aliphatic carbocycles. The molecule has 2 amide bonds. The third-order valence-electron chi connectivity index (χ3n) is 3.53. The smallest absolute Gasteiger partial charge is 0.322 e. The van der Waals surface area contributed by atoms with Crippen LogP contribution in [0.15, 0.2) is 54.6 Å². The van der Waals surface area contributed by atoms with Crippen molar-refractivity contribution in [3.63, 3.8) is 0 Å². The summed E-state index contributed by atoms with van der Waals surface area (Å²) in [5, 5.41) is 2.87. The number of methoxy groups -OCH3 is 1. The Labute approximate surface area is 125 Å². The van der Waals surface area contributed by atoms with Gasteiger partial charge in [-0.15, -0.1) is 0 Å². The van der Waals surface area contributed by atoms with Gasteiger partial charge >= 0.3 is 6.03 Å². The van der Waals surface area contributed by atoms with E-state index in [0.29, 0.717) is 11.4 Å². The van der Waals surface area contributed by atoms with E-state index in [4.69, 9.17) is 4.74 Å². The number of para-hydroxylation sites is 2. The summed E-state index contributed by atoms with van der Waals surface area (Å²) in [4.78, 5) is 14.0. The lowest BCUT2D eigenvalue weighted by Crippen LogP contribution is -2.33. The fourth-order valence-electron chi connectivity index (χ4n) is 2.08. The standard InChI is InChI=1S/C17H20N2O2/c1-13(14-9-5-4-6-10-14)19(2)17(20)18-15-11-7-8-12-16(15)21-3/h4-13H,1-3H3,(H,18,20). The van der Waals surface area contributed by atoms with Crippen LogP contribution in [0.5, 0.6) is 5.75 Å². The quantitative estimate of drug-likeness (QED) is 0.924. The number of urea groups is 1. The highest BCUT2D eigenvalue weighted by Crippen LogP contribution is 2.25. The van der Waals surface area contributed by atoms with Gasteiger partial charge < -0.3 is 15.0 Å². The van der Waals surface area contributed by atoms with E-state index in [1.165, 1.54) is 0 Å². The summed E-state index contributed by atoms with van der Waals surface area (Å²) >= 11 is 0. The minimum Gasteiger partial charge on any atom is -0.495 e. The Kier molecular flexibility index (Phi) is 4.82. The van der Waals surface area contributed by atoms with E-state index in [1.54, 1.807) is 19.1 Å². The number of hydrogen-bond acceptors (Lipinski definition) is 2. The van der Waals surface area contributed by atoms with Gasteiger partial charge in [-0.1, -0.05) is 42.5 Å². The van der Waals surface area contributed by atoms with Gasteiger partial charge in [0.05, 0.1) is 18.8 Å². The number of carbonyl (C=O) groups excluding carboxylic acids is 1. The molecule has 1 atom stereocenters. The van der Waals surface area contributed by atoms with Crippen molar-refractivity contribution in [2.24, 2.45) is 0 Å². The Morgan fingerprint density at radius 1 is 1.10 bits per heavy atom. The number of hydrogen-bond donors (Lipinski definition) is 1. The predicted molar refractivity (Wildman–Crippen MR) is 84.6 cm³/mol. The molecular weight excluding hydrogens is 264 g/mol. The molecule has 0 aliphatic rings. The van der Waals surface area contributed by atoms with Crippen LogP contribution in [0, 0.1) is 0 Å². The Morgan fingerprint density at radius 2 is 1.71 bits per heavy atom. The fourth-order valence-corrected chi connectivity index (χ4v) is 2.08. The van der Waals surface area contributed by atoms with Gasteiger partial charge in [0.1, 0.15) is 5.75 Å². The minimum absolute atomic E-state index is 0.0130. The molecule has 4 nitrogen and oxygen atoms in total. The van der Waals surface area contributed by atoms with Gasteiger partial charge in [0, 0.05) is 7.05 Å². The Hall–Kier alpha value is -2.49. The second-order valence-electron chi connectivity index (χ2n) is 4.83. The number of ether oxygens (including phenoxy) is 1. The topological polar surface area (TPSA) is 41.6 Å². The number of carbonyl (C=O) groups is 1. The zero-order valence-electron chi connectivity index (χ0n) is 12.5. The van der Waals surface area contributed by atoms with Crippen LogP contribution in [0.25, 0.3) is 0 Å². The number of rotatable bonds is 4. The first-order valence-corrected chi connectivity index (χ1v) is 6.85. The molecule has 0 aromatic heterocycles. The van der Waals surface area contributed by atoms with Crippen molar-refractivity contribution < 1.29 is 9.53 Å². The van der Waals surface area contributed by atoms with E-state index in [1.807, 2.05) is 61.5 Å². The summed E-state index contributed by atoms with van der Waals surface area (Å²) in [6.07, 6.45) is 0. The summed E-state index contributed by atoms with van der Waals surface area (Å²) in [5.74, 6) is 0.645. The van der Waals surface area contributed by atoms with Crippen molar-refractivity contribution in [2.75, 3.05) is 19.5 Å². The molecule has 0 radical (unpaired) electrons. The summed E-state index contributed by atoms with van der Waals surface area (Å²) < 4.78 is 5.24. The lowest BCUT2D eigenvalue weighted by molar-refractivity contribution is 0.208. The highest BCUT2D eigenvalue weighted by atomic mass is 16.5. The molecule has 110 valence electrons. The Morgan fingerprint density at radius 3 is 2.38 bits per heavy atom. The summed E-state index contributed by atoms with van der Waals surface area (Å²) in [6.45, 7) is 2.00. The first-order chi connectivity index (χ1) is 10.1. The summed E-state index contributed by atoms with van der Waals surface area (Å²) in [6, 6.07) is 17.1. The molecule has 2 aromatic rings. The maximum absolute atomic E-state index is 12.4. The van der Waals surface area contributed by atoms with Crippen molar-refractivity contribution in [1.82, 2.24) is 4.90 Å². The molecule has 0 bridgehead atoms. The SMILES string of the molecule is COc1ccccc1NC(=O)N(C)C(C)c1ccccc1. The van der Waals surface area contributed by atoms with Crippen molar-refractivity contribution in [3.8, 4) is 5.75 Å². The molecule has 1 N–H and O–H groups in total. The van der Waals surface area contributed by atoms with Gasteiger partial charge in [0.25, 0.3) is 0 Å². The molecular formula is C17H20N2O2. The molecule has 1 unspecified atom stereocenters. The van der Waals surface area contributed by atoms with Gasteiger partial charge in [0.15, 0.2) is 0 Å². The van der Waals surface area contributed by atoms with Crippen LogP contribution in [0.2, 0.25) is 0 Å². The molecule has 0 saturated heterocycles. The van der Waals surface area contributed by atoms with Gasteiger partial charge in [-0.25, -0.2) is 4.79 Å². The number of nitrogens with one attached hydrogen (secondary N) is 1. The average molecular weight is 284 g/mol. The van der Waals surface area contributed by atoms with E-state index < -0.39 is 0 Å². The second kappa shape index (κ2) is 6.79. The van der Waals surface area contributed by atoms with Gasteiger partial charge in [0.2, 0.25) is 0 Å². The maximum Gasteiger partial charge on any atom is 0.322 e. The largest absolute Gasteiger partial charge is 0.495 e. The van der Waals surface area contributed by atoms with Crippen molar-refractivity contribution in [1.29, 1.82) is 0 Å². The Bertz CT molecular complexity index is 599. The molecule has 0 spiro atoms. The molecule has 0 saturated carbocycles. The number of benzene rings is 2. The molecule has 2 aromatic carbocycles. The van der Waals surface area contributed by atoms with Crippen LogP contribution in [0.3, 0.4) is 0 Å². The minimum atomic E-state index is -0.171. The number of nitrogens with zero attached hydrogens (tertiary/aromatic N) is 1. The lowest BCUT2D eigenvalue weighted by atomic mass is 10.1. The van der Waals surface area contributed by atoms with Crippen LogP contribution in [0.1, 0.15) is 18.5 Å². The first kappa shape index (κ1) is 14.9. The van der Waals surface area contributed by atoms with Crippen LogP contribution in [0.4, 0.5) is 10.5 Å². The molecule has 0 fully saturated rings. The van der Waals surface area contributed by atoms with Crippen molar-refractivity contribution in [3.05, 3.63) is 60.2 Å². The number of amides is 2. The van der Waals surface area contributed by atoms with Crippen molar-refractivity contribution >= 4 is 11.7 Å². The number of anilines is 1. The van der Waals surface area contributed by atoms with Crippen LogP contribution in [-0.4, -0.2) is 25.1 Å². The normalized spacial score (nSPS) is 11.6. The highest BCUT2D eigenvalue weighted by Gasteiger charge is 2.18. The van der Waals surface area contributed by atoms with E-state index in [9.17, 15) is 4.79 Å². The van der Waals surface area contributed by atoms with Gasteiger partial charge in [-0.05, 0) is 24.6 Å². The van der Waals surface area contributed by atoms with E-state index >= 15 is 0 Å². The lowest BCUT2D eigenvalue weighted by Gasteiger charge is -2.26. The van der Waals surface area contributed by atoms with Gasteiger partial charge in [-0.2, -0.15) is 0 Å². The average Bonchev–Trinajstić information content (AvgIpc) is 2.54. The zero-order chi connectivity index (χ0) is 15.2. The van der Waals surface area contributed by atoms with E-state index in [2.05, 4.69) is 5.32 Å². The Balaban J connectivity index is 2.09. The molecule has 0 aliphatic heterocycles. The maximum atomic E-state index is 12.4. The summed E-state index contributed by atoms with van der Waals surface area (Å²) in [5.41, 5.74) is 1.76. The highest BCUT2D eigenvalue weighted by molar-refractivity contribution is 5.91. The predicted octanol–water partition coefficient (Wildman–Crippen LogP) is 3.92. The van der Waals surface area contributed by atoms with E-state index in [0.717, 1.165) is 5.56 Å². The fraction of sp³-hybridized carbons (Fsp3) is 0.235. The molecule has 4 heteroatoms. The molecule has 0 heterocycles. The van der Waals surface area contributed by atoms with Crippen LogP contribution in [-0.2, 0) is 0 Å². The van der Waals surface area contributed by atoms with Crippen molar-refractivity contribution in [2.45, 2.75) is 13.0 Å². The van der Waals surface area contributed by atoms with Crippen LogP contribution >= 0.6 is 0 Å². The second-order valence-corrected chi connectivity index (χ2v) is 4.83. The third-order valence-corrected chi connectivity index (χ3v) is 3.53.